The van der Waals surface area contributed by atoms with Gasteiger partial charge in [-0.25, -0.2) is 0 Å². The van der Waals surface area contributed by atoms with Gasteiger partial charge in [-0.1, -0.05) is 47.6 Å². The van der Waals surface area contributed by atoms with Crippen molar-refractivity contribution in [3.63, 3.8) is 0 Å². The topological polar surface area (TPSA) is 98.1 Å². The molecule has 6 nitrogen and oxygen atoms in total. The fourth-order valence-electron chi connectivity index (χ4n) is 2.17. The minimum absolute atomic E-state index is 0.162. The summed E-state index contributed by atoms with van der Waals surface area (Å²) in [4.78, 5) is 13.8. The van der Waals surface area contributed by atoms with Crippen LogP contribution in [0.25, 0.3) is 10.4 Å². The summed E-state index contributed by atoms with van der Waals surface area (Å²) in [6.07, 6.45) is -0.968. The van der Waals surface area contributed by atoms with Crippen molar-refractivity contribution < 1.29 is 9.90 Å². The Morgan fingerprint density at radius 3 is 2.32 bits per heavy atom. The maximum atomic E-state index is 11.0. The third kappa shape index (κ3) is 3.85. The zero-order chi connectivity index (χ0) is 15.9. The molecule has 2 rings (SSSR count). The van der Waals surface area contributed by atoms with Crippen molar-refractivity contribution in [2.45, 2.75) is 19.1 Å². The van der Waals surface area contributed by atoms with Crippen LogP contribution in [0, 0.1) is 0 Å². The van der Waals surface area contributed by atoms with Crippen molar-refractivity contribution in [2.24, 2.45) is 5.11 Å². The summed E-state index contributed by atoms with van der Waals surface area (Å²) in [5, 5.41) is 16.8. The van der Waals surface area contributed by atoms with Crippen LogP contribution in [0.1, 0.15) is 30.2 Å². The number of hydrogen-bond donors (Lipinski definition) is 2. The summed E-state index contributed by atoms with van der Waals surface area (Å²) in [5.74, 6) is -0.162. The first-order valence-electron chi connectivity index (χ1n) is 6.76. The maximum absolute atomic E-state index is 11.0. The Hall–Kier alpha value is -2.82. The first kappa shape index (κ1) is 15.6. The van der Waals surface area contributed by atoms with Gasteiger partial charge in [0.25, 0.3) is 0 Å². The number of azide groups is 1. The number of aliphatic hydroxyl groups excluding tert-OH is 1. The van der Waals surface area contributed by atoms with E-state index in [0.29, 0.717) is 11.3 Å². The van der Waals surface area contributed by atoms with Gasteiger partial charge in [-0.2, -0.15) is 0 Å². The molecule has 112 valence electrons. The van der Waals surface area contributed by atoms with Gasteiger partial charge >= 0.3 is 0 Å². The first-order valence-corrected chi connectivity index (χ1v) is 6.76. The van der Waals surface area contributed by atoms with Crippen LogP contribution in [0.4, 0.5) is 5.69 Å². The highest BCUT2D eigenvalue weighted by molar-refractivity contribution is 5.88. The third-order valence-electron chi connectivity index (χ3n) is 3.19. The van der Waals surface area contributed by atoms with Crippen molar-refractivity contribution in [3.05, 3.63) is 76.2 Å². The fourth-order valence-corrected chi connectivity index (χ4v) is 2.17. The second kappa shape index (κ2) is 7.26. The van der Waals surface area contributed by atoms with E-state index in [1.54, 1.807) is 36.4 Å². The van der Waals surface area contributed by atoms with Crippen molar-refractivity contribution in [2.75, 3.05) is 5.32 Å². The lowest BCUT2D eigenvalue weighted by Gasteiger charge is -2.19. The van der Waals surface area contributed by atoms with Crippen LogP contribution in [0.5, 0.6) is 0 Å². The highest BCUT2D eigenvalue weighted by Crippen LogP contribution is 2.32. The van der Waals surface area contributed by atoms with E-state index in [-0.39, 0.29) is 5.91 Å². The molecule has 2 atom stereocenters. The van der Waals surface area contributed by atoms with E-state index in [0.717, 1.165) is 5.56 Å². The molecule has 0 aliphatic rings. The van der Waals surface area contributed by atoms with E-state index in [1.165, 1.54) is 6.92 Å². The smallest absolute Gasteiger partial charge is 0.221 e. The fraction of sp³-hybridized carbons (Fsp3) is 0.188. The van der Waals surface area contributed by atoms with Crippen LogP contribution in [0.3, 0.4) is 0 Å². The molecule has 0 fully saturated rings. The number of amides is 1. The Kier molecular flexibility index (Phi) is 5.14. The summed E-state index contributed by atoms with van der Waals surface area (Å²) in [6, 6.07) is 15.2. The van der Waals surface area contributed by atoms with E-state index < -0.39 is 12.1 Å². The predicted octanol–water partition coefficient (Wildman–Crippen LogP) is 3.73. The maximum Gasteiger partial charge on any atom is 0.221 e. The molecule has 2 aromatic carbocycles. The van der Waals surface area contributed by atoms with Gasteiger partial charge < -0.3 is 10.4 Å². The lowest BCUT2D eigenvalue weighted by molar-refractivity contribution is -0.114. The zero-order valence-electron chi connectivity index (χ0n) is 12.0. The molecule has 2 N–H and O–H groups in total. The molecule has 0 saturated heterocycles. The van der Waals surface area contributed by atoms with Gasteiger partial charge in [0.05, 0.1) is 12.1 Å². The molecule has 0 aliphatic carbocycles. The summed E-state index contributed by atoms with van der Waals surface area (Å²) in [5.41, 5.74) is 10.7. The van der Waals surface area contributed by atoms with Crippen LogP contribution in [-0.2, 0) is 4.79 Å². The van der Waals surface area contributed by atoms with Crippen LogP contribution in [0.15, 0.2) is 59.7 Å². The van der Waals surface area contributed by atoms with Crippen molar-refractivity contribution >= 4 is 11.6 Å². The van der Waals surface area contributed by atoms with E-state index in [2.05, 4.69) is 15.3 Å². The molecule has 0 bridgehead atoms. The van der Waals surface area contributed by atoms with E-state index in [4.69, 9.17) is 5.53 Å². The number of rotatable bonds is 5. The van der Waals surface area contributed by atoms with Gasteiger partial charge in [0.1, 0.15) is 0 Å². The second-order valence-corrected chi connectivity index (χ2v) is 4.81. The van der Waals surface area contributed by atoms with Crippen LogP contribution < -0.4 is 5.32 Å². The Balaban J connectivity index is 2.25. The molecule has 0 spiro atoms. The van der Waals surface area contributed by atoms with Gasteiger partial charge in [-0.15, -0.1) is 0 Å². The van der Waals surface area contributed by atoms with Crippen molar-refractivity contribution in [1.82, 2.24) is 0 Å². The van der Waals surface area contributed by atoms with Crippen molar-refractivity contribution in [3.8, 4) is 0 Å². The molecular weight excluding hydrogens is 280 g/mol. The first-order chi connectivity index (χ1) is 10.6. The van der Waals surface area contributed by atoms with E-state index >= 15 is 0 Å². The number of nitrogens with one attached hydrogen (secondary N) is 1. The largest absolute Gasteiger partial charge is 0.388 e. The number of benzene rings is 2. The molecule has 2 aromatic rings. The highest BCUT2D eigenvalue weighted by Gasteiger charge is 2.21. The average Bonchev–Trinajstić information content (AvgIpc) is 2.53. The standard InChI is InChI=1S/C16H16N4O2/c1-11(21)18-14-9-7-13(8-10-14)16(22)15(19-20-17)12-5-3-2-4-6-12/h2-10,15-16,22H,1H3,(H,18,21)/t15-,16-/m1/s1. The zero-order valence-corrected chi connectivity index (χ0v) is 12.0. The van der Waals surface area contributed by atoms with Gasteiger partial charge in [0.2, 0.25) is 5.91 Å². The SMILES string of the molecule is CC(=O)Nc1ccc([C@@H](O)[C@H](N=[N+]=[N-])c2ccccc2)cc1. The number of nitrogens with zero attached hydrogens (tertiary/aromatic N) is 3. The van der Waals surface area contributed by atoms with E-state index in [1.807, 2.05) is 18.2 Å². The molecule has 0 heterocycles. The van der Waals surface area contributed by atoms with Crippen LogP contribution in [-0.4, -0.2) is 11.0 Å². The third-order valence-corrected chi connectivity index (χ3v) is 3.19. The van der Waals surface area contributed by atoms with Gasteiger partial charge in [0, 0.05) is 17.5 Å². The molecular formula is C16H16N4O2. The van der Waals surface area contributed by atoms with Crippen LogP contribution >= 0.6 is 0 Å². The van der Waals surface area contributed by atoms with Gasteiger partial charge in [-0.05, 0) is 28.8 Å². The quantitative estimate of drug-likeness (QED) is 0.499. The molecule has 6 heteroatoms. The summed E-state index contributed by atoms with van der Waals surface area (Å²) in [6.45, 7) is 1.43. The number of anilines is 1. The normalized spacial score (nSPS) is 12.8. The molecule has 22 heavy (non-hydrogen) atoms. The molecule has 0 saturated carbocycles. The highest BCUT2D eigenvalue weighted by atomic mass is 16.3. The number of aliphatic hydroxyl groups is 1. The molecule has 0 aromatic heterocycles. The summed E-state index contributed by atoms with van der Waals surface area (Å²) >= 11 is 0. The Morgan fingerprint density at radius 2 is 1.77 bits per heavy atom. The molecule has 1 amide bonds. The monoisotopic (exact) mass is 296 g/mol. The lowest BCUT2D eigenvalue weighted by atomic mass is 9.96. The van der Waals surface area contributed by atoms with Crippen LogP contribution in [0.2, 0.25) is 0 Å². The minimum Gasteiger partial charge on any atom is -0.388 e. The van der Waals surface area contributed by atoms with Crippen molar-refractivity contribution in [1.29, 1.82) is 0 Å². The molecule has 0 radical (unpaired) electrons. The molecule has 0 aliphatic heterocycles. The lowest BCUT2D eigenvalue weighted by Crippen LogP contribution is -2.09. The summed E-state index contributed by atoms with van der Waals surface area (Å²) in [7, 11) is 0. The Bertz CT molecular complexity index is 679. The van der Waals surface area contributed by atoms with Gasteiger partial charge in [0.15, 0.2) is 0 Å². The van der Waals surface area contributed by atoms with Gasteiger partial charge in [-0.3, -0.25) is 4.79 Å². The summed E-state index contributed by atoms with van der Waals surface area (Å²) < 4.78 is 0. The second-order valence-electron chi connectivity index (χ2n) is 4.81. The van der Waals surface area contributed by atoms with E-state index in [9.17, 15) is 9.90 Å². The average molecular weight is 296 g/mol. The predicted molar refractivity (Wildman–Crippen MR) is 84.0 cm³/mol. The number of carbonyl (C=O) groups is 1. The number of carbonyl (C=O) groups excluding carboxylic acids is 1. The minimum atomic E-state index is -0.968. The molecule has 0 unspecified atom stereocenters. The Morgan fingerprint density at radius 1 is 1.14 bits per heavy atom. The number of hydrogen-bond acceptors (Lipinski definition) is 3. The Labute approximate surface area is 128 Å².